The Labute approximate surface area is 233 Å². The fraction of sp³-hybridized carbons (Fsp3) is 0.118. The lowest BCUT2D eigenvalue weighted by Crippen LogP contribution is -1.98. The van der Waals surface area contributed by atoms with Crippen LogP contribution in [0.5, 0.6) is 0 Å². The van der Waals surface area contributed by atoms with Crippen LogP contribution in [0.3, 0.4) is 0 Å². The number of hydrogen-bond acceptors (Lipinski definition) is 6. The molecule has 0 aliphatic carbocycles. The molecule has 6 nitrogen and oxygen atoms in total. The first kappa shape index (κ1) is 25.2. The second kappa shape index (κ2) is 10.6. The number of aryl methyl sites for hydroxylation is 4. The number of hydrogen-bond donors (Lipinski definition) is 0. The molecule has 0 fully saturated rings. The largest absolute Gasteiger partial charge is 0.219 e. The van der Waals surface area contributed by atoms with Crippen molar-refractivity contribution in [1.82, 2.24) is 29.9 Å². The first-order valence-corrected chi connectivity index (χ1v) is 13.2. The highest BCUT2D eigenvalue weighted by Gasteiger charge is 2.10. The van der Waals surface area contributed by atoms with Crippen LogP contribution in [0.2, 0.25) is 0 Å². The lowest BCUT2D eigenvalue weighted by atomic mass is 9.95. The van der Waals surface area contributed by atoms with E-state index in [2.05, 4.69) is 115 Å². The molecule has 0 radical (unpaired) electrons. The minimum atomic E-state index is 0.695. The van der Waals surface area contributed by atoms with Gasteiger partial charge in [-0.3, -0.25) is 0 Å². The Morgan fingerprint density at radius 1 is 0.300 bits per heavy atom. The maximum absolute atomic E-state index is 4.54. The first-order valence-electron chi connectivity index (χ1n) is 13.2. The Hall–Kier alpha value is -5.10. The summed E-state index contributed by atoms with van der Waals surface area (Å²) in [7, 11) is 0. The van der Waals surface area contributed by atoms with Gasteiger partial charge in [0.1, 0.15) is 23.3 Å². The van der Waals surface area contributed by atoms with E-state index in [0.717, 1.165) is 67.8 Å². The van der Waals surface area contributed by atoms with Gasteiger partial charge in [-0.25, -0.2) is 29.9 Å². The molecule has 0 amide bonds. The van der Waals surface area contributed by atoms with Crippen LogP contribution in [0, 0.1) is 27.7 Å². The van der Waals surface area contributed by atoms with E-state index in [4.69, 9.17) is 0 Å². The Bertz CT molecular complexity index is 1680. The van der Waals surface area contributed by atoms with E-state index < -0.39 is 0 Å². The topological polar surface area (TPSA) is 77.3 Å². The van der Waals surface area contributed by atoms with Crippen LogP contribution in [0.15, 0.2) is 97.1 Å². The van der Waals surface area contributed by atoms with E-state index in [-0.39, 0.29) is 0 Å². The van der Waals surface area contributed by atoms with Crippen molar-refractivity contribution in [2.24, 2.45) is 0 Å². The van der Waals surface area contributed by atoms with Crippen LogP contribution in [0.4, 0.5) is 0 Å². The molecule has 6 rings (SSSR count). The van der Waals surface area contributed by atoms with Gasteiger partial charge in [-0.05, 0) is 85.3 Å². The van der Waals surface area contributed by atoms with Crippen molar-refractivity contribution in [1.29, 1.82) is 0 Å². The van der Waals surface area contributed by atoms with E-state index in [9.17, 15) is 0 Å². The van der Waals surface area contributed by atoms with Gasteiger partial charge in [-0.1, -0.05) is 72.8 Å². The standard InChI is InChI=1S/C34H28N6/c1-21-35-22(2)38-33(37-21)31-15-7-13-29(19-31)27-11-5-9-25(17-27)26-10-6-12-28(18-26)30-14-8-16-32(20-30)34-39-23(3)36-24(4)40-34/h5-20H,1-4H3. The maximum Gasteiger partial charge on any atom is 0.163 e. The van der Waals surface area contributed by atoms with Gasteiger partial charge in [0.15, 0.2) is 11.6 Å². The van der Waals surface area contributed by atoms with Crippen molar-refractivity contribution in [3.8, 4) is 56.2 Å². The monoisotopic (exact) mass is 520 g/mol. The highest BCUT2D eigenvalue weighted by atomic mass is 15.0. The van der Waals surface area contributed by atoms with E-state index in [1.807, 2.05) is 39.8 Å². The van der Waals surface area contributed by atoms with Crippen molar-refractivity contribution in [2.75, 3.05) is 0 Å². The van der Waals surface area contributed by atoms with Crippen molar-refractivity contribution in [3.05, 3.63) is 120 Å². The van der Waals surface area contributed by atoms with Gasteiger partial charge in [0.2, 0.25) is 0 Å². The molecule has 0 aliphatic heterocycles. The Kier molecular flexibility index (Phi) is 6.66. The number of aromatic nitrogens is 6. The quantitative estimate of drug-likeness (QED) is 0.233. The molecular weight excluding hydrogens is 492 g/mol. The molecule has 0 bridgehead atoms. The van der Waals surface area contributed by atoms with Crippen LogP contribution in [0.1, 0.15) is 23.3 Å². The smallest absolute Gasteiger partial charge is 0.163 e. The van der Waals surface area contributed by atoms with Gasteiger partial charge in [-0.15, -0.1) is 0 Å². The molecule has 4 aromatic carbocycles. The van der Waals surface area contributed by atoms with Gasteiger partial charge < -0.3 is 0 Å². The maximum atomic E-state index is 4.54. The highest BCUT2D eigenvalue weighted by molar-refractivity contribution is 5.79. The predicted molar refractivity (Wildman–Crippen MR) is 159 cm³/mol. The molecule has 0 saturated heterocycles. The summed E-state index contributed by atoms with van der Waals surface area (Å²) in [6.07, 6.45) is 0. The third-order valence-corrected chi connectivity index (χ3v) is 6.68. The Morgan fingerprint density at radius 3 is 0.800 bits per heavy atom. The van der Waals surface area contributed by atoms with Crippen molar-refractivity contribution < 1.29 is 0 Å². The third-order valence-electron chi connectivity index (χ3n) is 6.68. The summed E-state index contributed by atoms with van der Waals surface area (Å²) in [6.45, 7) is 7.57. The van der Waals surface area contributed by atoms with Crippen molar-refractivity contribution in [3.63, 3.8) is 0 Å². The zero-order valence-electron chi connectivity index (χ0n) is 22.9. The molecule has 0 aliphatic rings. The summed E-state index contributed by atoms with van der Waals surface area (Å²) in [4.78, 5) is 26.8. The Morgan fingerprint density at radius 2 is 0.525 bits per heavy atom. The molecule has 0 N–H and O–H groups in total. The van der Waals surface area contributed by atoms with Gasteiger partial charge >= 0.3 is 0 Å². The second-order valence-electron chi connectivity index (χ2n) is 9.83. The molecule has 2 heterocycles. The molecule has 0 spiro atoms. The summed E-state index contributed by atoms with van der Waals surface area (Å²) in [5.74, 6) is 4.27. The average Bonchev–Trinajstić information content (AvgIpc) is 2.96. The summed E-state index contributed by atoms with van der Waals surface area (Å²) >= 11 is 0. The average molecular weight is 521 g/mol. The number of benzene rings is 4. The number of rotatable bonds is 5. The highest BCUT2D eigenvalue weighted by Crippen LogP contribution is 2.32. The molecule has 6 aromatic rings. The molecule has 40 heavy (non-hydrogen) atoms. The van der Waals surface area contributed by atoms with Gasteiger partial charge in [0, 0.05) is 11.1 Å². The van der Waals surface area contributed by atoms with Crippen LogP contribution >= 0.6 is 0 Å². The normalized spacial score (nSPS) is 11.0. The van der Waals surface area contributed by atoms with Crippen LogP contribution < -0.4 is 0 Å². The summed E-state index contributed by atoms with van der Waals surface area (Å²) in [5, 5.41) is 0. The van der Waals surface area contributed by atoms with Crippen LogP contribution in [-0.2, 0) is 0 Å². The lowest BCUT2D eigenvalue weighted by molar-refractivity contribution is 0.928. The molecule has 194 valence electrons. The van der Waals surface area contributed by atoms with Crippen molar-refractivity contribution in [2.45, 2.75) is 27.7 Å². The zero-order chi connectivity index (χ0) is 27.6. The first-order chi connectivity index (χ1) is 19.4. The molecule has 0 atom stereocenters. The van der Waals surface area contributed by atoms with Gasteiger partial charge in [-0.2, -0.15) is 0 Å². The fourth-order valence-electron chi connectivity index (χ4n) is 4.92. The fourth-order valence-corrected chi connectivity index (χ4v) is 4.92. The summed E-state index contributed by atoms with van der Waals surface area (Å²) < 4.78 is 0. The third kappa shape index (κ3) is 5.38. The van der Waals surface area contributed by atoms with E-state index in [0.29, 0.717) is 11.6 Å². The van der Waals surface area contributed by atoms with Crippen molar-refractivity contribution >= 4 is 0 Å². The SMILES string of the molecule is Cc1nc(C)nc(-c2cccc(-c3cccc(-c4cccc(-c5cccc(-c6nc(C)nc(C)n6)c5)c4)c3)c2)n1. The molecule has 6 heteroatoms. The second-order valence-corrected chi connectivity index (χ2v) is 9.83. The molecule has 0 unspecified atom stereocenters. The lowest BCUT2D eigenvalue weighted by Gasteiger charge is -2.10. The van der Waals surface area contributed by atoms with Gasteiger partial charge in [0.05, 0.1) is 0 Å². The molecule has 2 aromatic heterocycles. The molecule has 0 saturated carbocycles. The number of nitrogens with zero attached hydrogens (tertiary/aromatic N) is 6. The van der Waals surface area contributed by atoms with Crippen LogP contribution in [0.25, 0.3) is 56.2 Å². The van der Waals surface area contributed by atoms with Crippen LogP contribution in [-0.4, -0.2) is 29.9 Å². The minimum Gasteiger partial charge on any atom is -0.219 e. The van der Waals surface area contributed by atoms with Gasteiger partial charge in [0.25, 0.3) is 0 Å². The molecular formula is C34H28N6. The predicted octanol–water partition coefficient (Wildman–Crippen LogP) is 7.63. The zero-order valence-corrected chi connectivity index (χ0v) is 22.9. The Balaban J connectivity index is 1.33. The summed E-state index contributed by atoms with van der Waals surface area (Å²) in [5.41, 5.74) is 8.74. The van der Waals surface area contributed by atoms with E-state index >= 15 is 0 Å². The van der Waals surface area contributed by atoms with E-state index in [1.54, 1.807) is 0 Å². The summed E-state index contributed by atoms with van der Waals surface area (Å²) in [6, 6.07) is 33.9. The van der Waals surface area contributed by atoms with E-state index in [1.165, 1.54) is 0 Å². The minimum absolute atomic E-state index is 0.695.